The summed E-state index contributed by atoms with van der Waals surface area (Å²) in [6.45, 7) is 9.19. The molecule has 2 aromatic rings. The van der Waals surface area contributed by atoms with Crippen molar-refractivity contribution < 1.29 is 9.59 Å². The van der Waals surface area contributed by atoms with Crippen molar-refractivity contribution in [3.8, 4) is 0 Å². The van der Waals surface area contributed by atoms with Crippen LogP contribution in [-0.4, -0.2) is 36.3 Å². The number of aryl methyl sites for hydroxylation is 2. The molecule has 0 heterocycles. The van der Waals surface area contributed by atoms with E-state index in [1.807, 2.05) is 49.9 Å². The number of amides is 2. The van der Waals surface area contributed by atoms with E-state index in [1.54, 1.807) is 0 Å². The largest absolute Gasteiger partial charge is 0.348 e. The topological polar surface area (TPSA) is 61.4 Å². The third-order valence-corrected chi connectivity index (χ3v) is 4.96. The first-order valence-electron chi connectivity index (χ1n) is 10.4. The molecular weight excluding hydrogens is 362 g/mol. The van der Waals surface area contributed by atoms with Crippen LogP contribution in [0.2, 0.25) is 0 Å². The third kappa shape index (κ3) is 7.35. The molecule has 0 spiro atoms. The molecule has 0 aromatic heterocycles. The maximum Gasteiger partial charge on any atom is 0.238 e. The summed E-state index contributed by atoms with van der Waals surface area (Å²) < 4.78 is 0. The van der Waals surface area contributed by atoms with Gasteiger partial charge in [0.1, 0.15) is 0 Å². The molecule has 2 aromatic carbocycles. The molecule has 1 atom stereocenters. The molecule has 2 rings (SSSR count). The molecule has 2 amide bonds. The zero-order valence-corrected chi connectivity index (χ0v) is 18.0. The van der Waals surface area contributed by atoms with E-state index in [-0.39, 0.29) is 30.9 Å². The van der Waals surface area contributed by atoms with E-state index in [1.165, 1.54) is 5.56 Å². The van der Waals surface area contributed by atoms with Gasteiger partial charge in [-0.15, -0.1) is 0 Å². The standard InChI is InChI=1S/C24H33N3O2/c1-5-15-27(17-24(29)26-22-10-8-7-9-18(22)3)16-23(28)25-19(4)21-13-11-20(6-2)12-14-21/h7-14,19H,5-6,15-17H2,1-4H3,(H,25,28)(H,26,29)/t19-/m0/s1. The van der Waals surface area contributed by atoms with Crippen LogP contribution in [-0.2, 0) is 16.0 Å². The number of hydrogen-bond donors (Lipinski definition) is 2. The monoisotopic (exact) mass is 395 g/mol. The Morgan fingerprint density at radius 1 is 0.966 bits per heavy atom. The molecule has 0 bridgehead atoms. The van der Waals surface area contributed by atoms with Gasteiger partial charge in [0.05, 0.1) is 19.1 Å². The molecule has 5 heteroatoms. The van der Waals surface area contributed by atoms with Crippen molar-refractivity contribution in [1.82, 2.24) is 10.2 Å². The zero-order valence-electron chi connectivity index (χ0n) is 18.0. The first-order valence-corrected chi connectivity index (χ1v) is 10.4. The van der Waals surface area contributed by atoms with Crippen LogP contribution in [0.4, 0.5) is 5.69 Å². The summed E-state index contributed by atoms with van der Waals surface area (Å²) in [5.74, 6) is -0.182. The van der Waals surface area contributed by atoms with Crippen molar-refractivity contribution in [2.24, 2.45) is 0 Å². The van der Waals surface area contributed by atoms with Crippen molar-refractivity contribution >= 4 is 17.5 Å². The highest BCUT2D eigenvalue weighted by Gasteiger charge is 2.16. The highest BCUT2D eigenvalue weighted by molar-refractivity contribution is 5.93. The van der Waals surface area contributed by atoms with Crippen molar-refractivity contribution in [2.75, 3.05) is 25.0 Å². The Hall–Kier alpha value is -2.66. The summed E-state index contributed by atoms with van der Waals surface area (Å²) in [5, 5.41) is 5.98. The average molecular weight is 396 g/mol. The SMILES string of the molecule is CCCN(CC(=O)Nc1ccccc1C)CC(=O)N[C@@H](C)c1ccc(CC)cc1. The smallest absolute Gasteiger partial charge is 0.238 e. The van der Waals surface area contributed by atoms with Crippen molar-refractivity contribution in [1.29, 1.82) is 0 Å². The number of anilines is 1. The minimum atomic E-state index is -0.108. The summed E-state index contributed by atoms with van der Waals surface area (Å²) >= 11 is 0. The van der Waals surface area contributed by atoms with Gasteiger partial charge < -0.3 is 10.6 Å². The van der Waals surface area contributed by atoms with Crippen LogP contribution < -0.4 is 10.6 Å². The van der Waals surface area contributed by atoms with E-state index < -0.39 is 0 Å². The minimum Gasteiger partial charge on any atom is -0.348 e. The predicted molar refractivity (Wildman–Crippen MR) is 119 cm³/mol. The van der Waals surface area contributed by atoms with E-state index in [2.05, 4.69) is 41.8 Å². The maximum absolute atomic E-state index is 12.5. The number of carbonyl (C=O) groups excluding carboxylic acids is 2. The Kier molecular flexibility index (Phi) is 8.87. The fraction of sp³-hybridized carbons (Fsp3) is 0.417. The van der Waals surface area contributed by atoms with Crippen LogP contribution >= 0.6 is 0 Å². The third-order valence-electron chi connectivity index (χ3n) is 4.96. The van der Waals surface area contributed by atoms with Crippen LogP contribution in [0.5, 0.6) is 0 Å². The lowest BCUT2D eigenvalue weighted by atomic mass is 10.1. The van der Waals surface area contributed by atoms with Gasteiger partial charge in [0.25, 0.3) is 0 Å². The highest BCUT2D eigenvalue weighted by atomic mass is 16.2. The minimum absolute atomic E-state index is 0.0716. The van der Waals surface area contributed by atoms with Gasteiger partial charge in [0.15, 0.2) is 0 Å². The van der Waals surface area contributed by atoms with Crippen molar-refractivity contribution in [3.05, 3.63) is 65.2 Å². The highest BCUT2D eigenvalue weighted by Crippen LogP contribution is 2.14. The Balaban J connectivity index is 1.90. The number of carbonyl (C=O) groups is 2. The summed E-state index contributed by atoms with van der Waals surface area (Å²) in [6.07, 6.45) is 1.87. The molecule has 0 aliphatic carbocycles. The quantitative estimate of drug-likeness (QED) is 0.637. The van der Waals surface area contributed by atoms with E-state index in [4.69, 9.17) is 0 Å². The predicted octanol–water partition coefficient (Wildman–Crippen LogP) is 4.09. The lowest BCUT2D eigenvalue weighted by Crippen LogP contribution is -2.42. The molecule has 0 saturated carbocycles. The van der Waals surface area contributed by atoms with Crippen LogP contribution in [0.15, 0.2) is 48.5 Å². The Bertz CT molecular complexity index is 802. The maximum atomic E-state index is 12.5. The molecule has 0 saturated heterocycles. The second-order valence-electron chi connectivity index (χ2n) is 7.46. The lowest BCUT2D eigenvalue weighted by molar-refractivity contribution is -0.124. The second kappa shape index (κ2) is 11.4. The molecule has 0 unspecified atom stereocenters. The number of benzene rings is 2. The molecule has 0 radical (unpaired) electrons. The number of nitrogens with one attached hydrogen (secondary N) is 2. The lowest BCUT2D eigenvalue weighted by Gasteiger charge is -2.22. The number of para-hydroxylation sites is 1. The second-order valence-corrected chi connectivity index (χ2v) is 7.46. The summed E-state index contributed by atoms with van der Waals surface area (Å²) in [5.41, 5.74) is 4.18. The number of nitrogens with zero attached hydrogens (tertiary/aromatic N) is 1. The first-order chi connectivity index (χ1) is 13.9. The van der Waals surface area contributed by atoms with Gasteiger partial charge in [-0.2, -0.15) is 0 Å². The van der Waals surface area contributed by atoms with E-state index in [9.17, 15) is 9.59 Å². The molecule has 0 fully saturated rings. The Labute approximate surface area is 174 Å². The molecule has 5 nitrogen and oxygen atoms in total. The first kappa shape index (κ1) is 22.6. The molecule has 2 N–H and O–H groups in total. The molecule has 156 valence electrons. The van der Waals surface area contributed by atoms with E-state index in [0.717, 1.165) is 29.7 Å². The average Bonchev–Trinajstić information content (AvgIpc) is 2.69. The molecule has 0 aliphatic rings. The van der Waals surface area contributed by atoms with Crippen LogP contribution in [0.3, 0.4) is 0 Å². The summed E-state index contributed by atoms with van der Waals surface area (Å²) in [4.78, 5) is 26.9. The van der Waals surface area contributed by atoms with Gasteiger partial charge in [-0.25, -0.2) is 0 Å². The van der Waals surface area contributed by atoms with Gasteiger partial charge in [0, 0.05) is 5.69 Å². The van der Waals surface area contributed by atoms with Crippen LogP contribution in [0, 0.1) is 6.92 Å². The van der Waals surface area contributed by atoms with Crippen molar-refractivity contribution in [3.63, 3.8) is 0 Å². The van der Waals surface area contributed by atoms with Crippen LogP contribution in [0.1, 0.15) is 49.9 Å². The molecule has 0 aliphatic heterocycles. The van der Waals surface area contributed by atoms with Gasteiger partial charge in [0.2, 0.25) is 11.8 Å². The van der Waals surface area contributed by atoms with E-state index in [0.29, 0.717) is 6.54 Å². The van der Waals surface area contributed by atoms with Gasteiger partial charge in [-0.3, -0.25) is 14.5 Å². The fourth-order valence-electron chi connectivity index (χ4n) is 3.25. The van der Waals surface area contributed by atoms with Gasteiger partial charge in [-0.05, 0) is 56.0 Å². The zero-order chi connectivity index (χ0) is 21.2. The van der Waals surface area contributed by atoms with Crippen molar-refractivity contribution in [2.45, 2.75) is 46.6 Å². The van der Waals surface area contributed by atoms with Gasteiger partial charge in [-0.1, -0.05) is 56.3 Å². The fourth-order valence-corrected chi connectivity index (χ4v) is 3.25. The van der Waals surface area contributed by atoms with Crippen LogP contribution in [0.25, 0.3) is 0 Å². The Morgan fingerprint density at radius 3 is 2.24 bits per heavy atom. The normalized spacial score (nSPS) is 11.9. The summed E-state index contributed by atoms with van der Waals surface area (Å²) in [7, 11) is 0. The summed E-state index contributed by atoms with van der Waals surface area (Å²) in [6, 6.07) is 15.9. The van der Waals surface area contributed by atoms with Gasteiger partial charge >= 0.3 is 0 Å². The van der Waals surface area contributed by atoms with E-state index >= 15 is 0 Å². The number of hydrogen-bond acceptors (Lipinski definition) is 3. The Morgan fingerprint density at radius 2 is 1.62 bits per heavy atom. The number of rotatable bonds is 10. The molecular formula is C24H33N3O2. The molecule has 29 heavy (non-hydrogen) atoms.